The van der Waals surface area contributed by atoms with E-state index in [1.807, 2.05) is 6.07 Å². The van der Waals surface area contributed by atoms with Gasteiger partial charge in [-0.25, -0.2) is 9.37 Å². The highest BCUT2D eigenvalue weighted by molar-refractivity contribution is 7.15. The van der Waals surface area contributed by atoms with Crippen LogP contribution in [0.15, 0.2) is 18.2 Å². The van der Waals surface area contributed by atoms with Crippen LogP contribution in [-0.4, -0.2) is 12.1 Å². The molecule has 1 aromatic heterocycles. The van der Waals surface area contributed by atoms with Gasteiger partial charge < -0.3 is 10.5 Å². The molecule has 0 amide bonds. The van der Waals surface area contributed by atoms with Crippen molar-refractivity contribution in [3.8, 4) is 10.6 Å². The highest BCUT2D eigenvalue weighted by Crippen LogP contribution is 2.29. The maximum Gasteiger partial charge on any atom is 0.126 e. The summed E-state index contributed by atoms with van der Waals surface area (Å²) in [5.74, 6) is -0.217. The number of thiazole rings is 1. The second-order valence-electron chi connectivity index (χ2n) is 3.99. The molecule has 0 saturated heterocycles. The minimum atomic E-state index is -0.217. The van der Waals surface area contributed by atoms with Crippen LogP contribution in [0.5, 0.6) is 0 Å². The molecule has 0 aliphatic rings. The number of benzene rings is 1. The summed E-state index contributed by atoms with van der Waals surface area (Å²) in [6.45, 7) is 2.59. The molecular formula is C13H15FN2OS. The van der Waals surface area contributed by atoms with Crippen LogP contribution < -0.4 is 5.73 Å². The van der Waals surface area contributed by atoms with E-state index in [2.05, 4.69) is 4.98 Å². The fourth-order valence-corrected chi connectivity index (χ4v) is 2.58. The summed E-state index contributed by atoms with van der Waals surface area (Å²) in [4.78, 5) is 5.44. The molecule has 0 fully saturated rings. The van der Waals surface area contributed by atoms with Crippen molar-refractivity contribution in [2.24, 2.45) is 5.73 Å². The Morgan fingerprint density at radius 2 is 2.22 bits per heavy atom. The Kier molecular flexibility index (Phi) is 4.06. The van der Waals surface area contributed by atoms with E-state index in [1.54, 1.807) is 20.1 Å². The molecule has 0 radical (unpaired) electrons. The minimum absolute atomic E-state index is 0.217. The third-order valence-corrected chi connectivity index (χ3v) is 3.83. The Morgan fingerprint density at radius 1 is 1.44 bits per heavy atom. The molecular weight excluding hydrogens is 251 g/mol. The van der Waals surface area contributed by atoms with Crippen LogP contribution in [0.3, 0.4) is 0 Å². The van der Waals surface area contributed by atoms with Crippen LogP contribution >= 0.6 is 11.3 Å². The van der Waals surface area contributed by atoms with Crippen molar-refractivity contribution >= 4 is 11.3 Å². The van der Waals surface area contributed by atoms with Gasteiger partial charge in [-0.1, -0.05) is 12.1 Å². The third kappa shape index (κ3) is 2.58. The number of aromatic nitrogens is 1. The number of nitrogens with zero attached hydrogens (tertiary/aromatic N) is 1. The zero-order valence-corrected chi connectivity index (χ0v) is 11.2. The van der Waals surface area contributed by atoms with Crippen molar-refractivity contribution in [3.05, 3.63) is 40.2 Å². The molecule has 0 bridgehead atoms. The molecule has 0 unspecified atom stereocenters. The molecule has 0 atom stereocenters. The van der Waals surface area contributed by atoms with Gasteiger partial charge in [0.2, 0.25) is 0 Å². The average Bonchev–Trinajstić information content (AvgIpc) is 2.76. The van der Waals surface area contributed by atoms with Gasteiger partial charge in [-0.3, -0.25) is 0 Å². The lowest BCUT2D eigenvalue weighted by molar-refractivity contribution is 0.181. The number of hydrogen-bond donors (Lipinski definition) is 1. The molecule has 18 heavy (non-hydrogen) atoms. The second kappa shape index (κ2) is 5.56. The van der Waals surface area contributed by atoms with Crippen LogP contribution in [0.4, 0.5) is 4.39 Å². The van der Waals surface area contributed by atoms with Crippen LogP contribution in [-0.2, 0) is 17.9 Å². The molecule has 2 aromatic rings. The summed E-state index contributed by atoms with van der Waals surface area (Å²) in [5.41, 5.74) is 7.91. The van der Waals surface area contributed by atoms with E-state index in [4.69, 9.17) is 10.5 Å². The SMILES string of the molecule is COCc1nc(-c2ccc(C)c(F)c2)sc1CN. The first kappa shape index (κ1) is 13.1. The molecule has 0 spiro atoms. The zero-order valence-electron chi connectivity index (χ0n) is 10.4. The fraction of sp³-hybridized carbons (Fsp3) is 0.308. The van der Waals surface area contributed by atoms with E-state index < -0.39 is 0 Å². The highest BCUT2D eigenvalue weighted by atomic mass is 32.1. The van der Waals surface area contributed by atoms with Gasteiger partial charge in [-0.2, -0.15) is 0 Å². The third-order valence-electron chi connectivity index (χ3n) is 2.66. The van der Waals surface area contributed by atoms with Gasteiger partial charge in [0.1, 0.15) is 10.8 Å². The minimum Gasteiger partial charge on any atom is -0.378 e. The van der Waals surface area contributed by atoms with Gasteiger partial charge in [-0.05, 0) is 18.6 Å². The number of aryl methyl sites for hydroxylation is 1. The van der Waals surface area contributed by atoms with Crippen molar-refractivity contribution in [3.63, 3.8) is 0 Å². The summed E-state index contributed by atoms with van der Waals surface area (Å²) in [5, 5.41) is 0.779. The van der Waals surface area contributed by atoms with Crippen molar-refractivity contribution < 1.29 is 9.13 Å². The molecule has 96 valence electrons. The number of halogens is 1. The summed E-state index contributed by atoms with van der Waals surface area (Å²) >= 11 is 1.48. The van der Waals surface area contributed by atoms with E-state index in [0.717, 1.165) is 21.1 Å². The normalized spacial score (nSPS) is 10.9. The smallest absolute Gasteiger partial charge is 0.126 e. The lowest BCUT2D eigenvalue weighted by Crippen LogP contribution is -1.99. The Bertz CT molecular complexity index is 554. The molecule has 3 nitrogen and oxygen atoms in total. The summed E-state index contributed by atoms with van der Waals surface area (Å²) < 4.78 is 18.6. The van der Waals surface area contributed by atoms with Gasteiger partial charge in [0.25, 0.3) is 0 Å². The standard InChI is InChI=1S/C13H15FN2OS/c1-8-3-4-9(5-10(8)14)13-16-11(7-17-2)12(6-15)18-13/h3-5H,6-7,15H2,1-2H3. The Balaban J connectivity index is 2.40. The lowest BCUT2D eigenvalue weighted by Gasteiger charge is -1.99. The maximum atomic E-state index is 13.5. The van der Waals surface area contributed by atoms with E-state index in [-0.39, 0.29) is 5.82 Å². The average molecular weight is 266 g/mol. The topological polar surface area (TPSA) is 48.1 Å². The van der Waals surface area contributed by atoms with Crippen LogP contribution in [0.25, 0.3) is 10.6 Å². The molecule has 0 saturated carbocycles. The predicted molar refractivity (Wildman–Crippen MR) is 70.8 cm³/mol. The largest absolute Gasteiger partial charge is 0.378 e. The molecule has 2 rings (SSSR count). The highest BCUT2D eigenvalue weighted by Gasteiger charge is 2.12. The van der Waals surface area contributed by atoms with Gasteiger partial charge in [0.15, 0.2) is 0 Å². The Labute approximate surface area is 109 Å². The van der Waals surface area contributed by atoms with Crippen molar-refractivity contribution in [1.29, 1.82) is 0 Å². The van der Waals surface area contributed by atoms with Gasteiger partial charge in [0.05, 0.1) is 12.3 Å². The lowest BCUT2D eigenvalue weighted by atomic mass is 10.1. The molecule has 1 heterocycles. The number of rotatable bonds is 4. The first-order valence-electron chi connectivity index (χ1n) is 5.59. The van der Waals surface area contributed by atoms with Gasteiger partial charge in [0, 0.05) is 24.1 Å². The van der Waals surface area contributed by atoms with Gasteiger partial charge in [-0.15, -0.1) is 11.3 Å². The predicted octanol–water partition coefficient (Wildman–Crippen LogP) is 2.86. The molecule has 1 aromatic carbocycles. The zero-order chi connectivity index (χ0) is 13.1. The number of hydrogen-bond acceptors (Lipinski definition) is 4. The van der Waals surface area contributed by atoms with Crippen molar-refractivity contribution in [1.82, 2.24) is 4.98 Å². The maximum absolute atomic E-state index is 13.5. The van der Waals surface area contributed by atoms with Crippen molar-refractivity contribution in [2.75, 3.05) is 7.11 Å². The number of nitrogens with two attached hydrogens (primary N) is 1. The summed E-state index contributed by atoms with van der Waals surface area (Å²) in [6.07, 6.45) is 0. The van der Waals surface area contributed by atoms with E-state index >= 15 is 0 Å². The van der Waals surface area contributed by atoms with Crippen LogP contribution in [0, 0.1) is 12.7 Å². The van der Waals surface area contributed by atoms with E-state index in [9.17, 15) is 4.39 Å². The summed E-state index contributed by atoms with van der Waals surface area (Å²) in [6, 6.07) is 5.13. The summed E-state index contributed by atoms with van der Waals surface area (Å²) in [7, 11) is 1.62. The van der Waals surface area contributed by atoms with Crippen LogP contribution in [0.2, 0.25) is 0 Å². The first-order chi connectivity index (χ1) is 8.65. The van der Waals surface area contributed by atoms with Gasteiger partial charge >= 0.3 is 0 Å². The Morgan fingerprint density at radius 3 is 2.83 bits per heavy atom. The number of methoxy groups -OCH3 is 1. The fourth-order valence-electron chi connectivity index (χ4n) is 1.64. The molecule has 0 aliphatic carbocycles. The molecule has 2 N–H and O–H groups in total. The van der Waals surface area contributed by atoms with E-state index in [0.29, 0.717) is 18.7 Å². The monoisotopic (exact) mass is 266 g/mol. The molecule has 5 heteroatoms. The quantitative estimate of drug-likeness (QED) is 0.925. The number of ether oxygens (including phenoxy) is 1. The second-order valence-corrected chi connectivity index (χ2v) is 5.07. The van der Waals surface area contributed by atoms with Crippen molar-refractivity contribution in [2.45, 2.75) is 20.1 Å². The molecule has 0 aliphatic heterocycles. The van der Waals surface area contributed by atoms with Crippen LogP contribution in [0.1, 0.15) is 16.1 Å². The van der Waals surface area contributed by atoms with E-state index in [1.165, 1.54) is 17.4 Å². The first-order valence-corrected chi connectivity index (χ1v) is 6.41. The Hall–Kier alpha value is -1.30.